The standard InChI is InChI=1S/C23H23NO2/c24-16-20-13-10-18(11-14-20)9-12-19-7-4-8-22(15-19)23(25)26-17-21-5-2-1-3-6-21/h1-3,5-6,9-14,19,22H,4,7-8,15,17H2/t19?,22-/m1/s1. The van der Waals surface area contributed by atoms with Crippen molar-refractivity contribution in [1.82, 2.24) is 0 Å². The van der Waals surface area contributed by atoms with Gasteiger partial charge in [-0.2, -0.15) is 5.26 Å². The average molecular weight is 345 g/mol. The molecular formula is C23H23NO2. The first-order valence-electron chi connectivity index (χ1n) is 9.13. The van der Waals surface area contributed by atoms with E-state index in [0.29, 0.717) is 18.1 Å². The minimum atomic E-state index is -0.0784. The fraction of sp³-hybridized carbons (Fsp3) is 0.304. The summed E-state index contributed by atoms with van der Waals surface area (Å²) in [5, 5.41) is 8.85. The van der Waals surface area contributed by atoms with Gasteiger partial charge in [-0.3, -0.25) is 4.79 Å². The molecule has 1 unspecified atom stereocenters. The van der Waals surface area contributed by atoms with Crippen LogP contribution in [0.1, 0.15) is 42.4 Å². The number of allylic oxidation sites excluding steroid dienone is 1. The van der Waals surface area contributed by atoms with E-state index in [4.69, 9.17) is 10.00 Å². The second-order valence-corrected chi connectivity index (χ2v) is 6.81. The maximum Gasteiger partial charge on any atom is 0.309 e. The molecule has 0 aliphatic heterocycles. The third-order valence-electron chi connectivity index (χ3n) is 4.87. The Labute approximate surface area is 154 Å². The summed E-state index contributed by atoms with van der Waals surface area (Å²) < 4.78 is 5.51. The van der Waals surface area contributed by atoms with Crippen molar-refractivity contribution in [3.63, 3.8) is 0 Å². The van der Waals surface area contributed by atoms with Gasteiger partial charge in [0.2, 0.25) is 0 Å². The van der Waals surface area contributed by atoms with Crippen LogP contribution in [0.15, 0.2) is 60.7 Å². The number of rotatable bonds is 5. The molecule has 2 aromatic carbocycles. The maximum absolute atomic E-state index is 12.4. The molecule has 132 valence electrons. The van der Waals surface area contributed by atoms with Crippen LogP contribution in [0.2, 0.25) is 0 Å². The minimum absolute atomic E-state index is 0.0110. The van der Waals surface area contributed by atoms with Gasteiger partial charge in [0.25, 0.3) is 0 Å². The van der Waals surface area contributed by atoms with Crippen molar-refractivity contribution in [2.45, 2.75) is 32.3 Å². The zero-order valence-electron chi connectivity index (χ0n) is 14.8. The summed E-state index contributed by atoms with van der Waals surface area (Å²) in [5.74, 6) is 0.307. The molecule has 2 aromatic rings. The van der Waals surface area contributed by atoms with Crippen molar-refractivity contribution in [3.8, 4) is 6.07 Å². The lowest BCUT2D eigenvalue weighted by molar-refractivity contribution is -0.151. The van der Waals surface area contributed by atoms with Crippen LogP contribution >= 0.6 is 0 Å². The monoisotopic (exact) mass is 345 g/mol. The number of hydrogen-bond acceptors (Lipinski definition) is 3. The average Bonchev–Trinajstić information content (AvgIpc) is 2.72. The lowest BCUT2D eigenvalue weighted by Gasteiger charge is -2.25. The molecule has 0 radical (unpaired) electrons. The Kier molecular flexibility index (Phi) is 6.22. The molecule has 1 aliphatic carbocycles. The summed E-state index contributed by atoms with van der Waals surface area (Å²) in [5.41, 5.74) is 2.77. The van der Waals surface area contributed by atoms with E-state index >= 15 is 0 Å². The Hall–Kier alpha value is -2.86. The van der Waals surface area contributed by atoms with E-state index < -0.39 is 0 Å². The molecule has 3 nitrogen and oxygen atoms in total. The van der Waals surface area contributed by atoms with Crippen molar-refractivity contribution >= 4 is 12.0 Å². The number of hydrogen-bond donors (Lipinski definition) is 0. The molecule has 1 aliphatic rings. The van der Waals surface area contributed by atoms with Gasteiger partial charge in [0.15, 0.2) is 0 Å². The molecule has 0 spiro atoms. The van der Waals surface area contributed by atoms with E-state index in [1.54, 1.807) is 0 Å². The van der Waals surface area contributed by atoms with Gasteiger partial charge in [-0.15, -0.1) is 0 Å². The summed E-state index contributed by atoms with van der Waals surface area (Å²) in [6, 6.07) is 19.5. The van der Waals surface area contributed by atoms with Crippen molar-refractivity contribution in [2.24, 2.45) is 11.8 Å². The van der Waals surface area contributed by atoms with Crippen molar-refractivity contribution in [1.29, 1.82) is 5.26 Å². The highest BCUT2D eigenvalue weighted by atomic mass is 16.5. The summed E-state index contributed by atoms with van der Waals surface area (Å²) in [6.07, 6.45) is 8.19. The SMILES string of the molecule is N#Cc1ccc(C=CC2CCC[C@@H](C(=O)OCc3ccccc3)C2)cc1. The van der Waals surface area contributed by atoms with Crippen molar-refractivity contribution in [2.75, 3.05) is 0 Å². The van der Waals surface area contributed by atoms with E-state index in [2.05, 4.69) is 18.2 Å². The van der Waals surface area contributed by atoms with Crippen LogP contribution in [0.25, 0.3) is 6.08 Å². The van der Waals surface area contributed by atoms with Crippen LogP contribution < -0.4 is 0 Å². The first kappa shape index (κ1) is 17.9. The molecule has 1 fully saturated rings. The van der Waals surface area contributed by atoms with Gasteiger partial charge in [0.1, 0.15) is 6.61 Å². The lowest BCUT2D eigenvalue weighted by atomic mass is 9.81. The molecule has 0 heterocycles. The third kappa shape index (κ3) is 5.07. The highest BCUT2D eigenvalue weighted by molar-refractivity contribution is 5.72. The van der Waals surface area contributed by atoms with Gasteiger partial charge < -0.3 is 4.74 Å². The number of carbonyl (C=O) groups excluding carboxylic acids is 1. The Balaban J connectivity index is 1.52. The second kappa shape index (κ2) is 9.01. The summed E-state index contributed by atoms with van der Waals surface area (Å²) in [4.78, 5) is 12.4. The number of nitrogens with zero attached hydrogens (tertiary/aromatic N) is 1. The molecule has 2 atom stereocenters. The van der Waals surface area contributed by atoms with E-state index in [1.165, 1.54) is 0 Å². The number of benzene rings is 2. The number of esters is 1. The van der Waals surface area contributed by atoms with Crippen molar-refractivity contribution in [3.05, 3.63) is 77.4 Å². The van der Waals surface area contributed by atoms with E-state index in [9.17, 15) is 4.79 Å². The molecule has 0 aromatic heterocycles. The fourth-order valence-corrected chi connectivity index (χ4v) is 3.38. The maximum atomic E-state index is 12.4. The van der Waals surface area contributed by atoms with Crippen LogP contribution in [0.5, 0.6) is 0 Å². The Morgan fingerprint density at radius 1 is 1.12 bits per heavy atom. The molecule has 0 saturated heterocycles. The Bertz CT molecular complexity index is 787. The van der Waals surface area contributed by atoms with E-state index in [1.807, 2.05) is 54.6 Å². The summed E-state index contributed by atoms with van der Waals surface area (Å²) in [7, 11) is 0. The zero-order valence-corrected chi connectivity index (χ0v) is 14.8. The first-order valence-corrected chi connectivity index (χ1v) is 9.13. The molecule has 3 heteroatoms. The van der Waals surface area contributed by atoms with Gasteiger partial charge in [0.05, 0.1) is 17.6 Å². The Morgan fingerprint density at radius 3 is 2.62 bits per heavy atom. The predicted molar refractivity (Wildman–Crippen MR) is 102 cm³/mol. The third-order valence-corrected chi connectivity index (χ3v) is 4.87. The largest absolute Gasteiger partial charge is 0.461 e. The molecule has 3 rings (SSSR count). The quantitative estimate of drug-likeness (QED) is 0.707. The number of ether oxygens (including phenoxy) is 1. The molecule has 1 saturated carbocycles. The van der Waals surface area contributed by atoms with Crippen LogP contribution in [-0.2, 0) is 16.1 Å². The normalized spacial score (nSPS) is 19.8. The number of nitriles is 1. The lowest BCUT2D eigenvalue weighted by Crippen LogP contribution is -2.24. The van der Waals surface area contributed by atoms with E-state index in [-0.39, 0.29) is 11.9 Å². The second-order valence-electron chi connectivity index (χ2n) is 6.81. The van der Waals surface area contributed by atoms with Gasteiger partial charge in [-0.25, -0.2) is 0 Å². The van der Waals surface area contributed by atoms with Crippen LogP contribution in [0.4, 0.5) is 0 Å². The Morgan fingerprint density at radius 2 is 1.88 bits per heavy atom. The number of carbonyl (C=O) groups is 1. The minimum Gasteiger partial charge on any atom is -0.461 e. The topological polar surface area (TPSA) is 50.1 Å². The zero-order chi connectivity index (χ0) is 18.2. The first-order chi connectivity index (χ1) is 12.7. The fourth-order valence-electron chi connectivity index (χ4n) is 3.38. The summed E-state index contributed by atoms with van der Waals surface area (Å²) in [6.45, 7) is 0.349. The van der Waals surface area contributed by atoms with Gasteiger partial charge in [0, 0.05) is 0 Å². The molecular weight excluding hydrogens is 322 g/mol. The summed E-state index contributed by atoms with van der Waals surface area (Å²) >= 11 is 0. The van der Waals surface area contributed by atoms with Crippen molar-refractivity contribution < 1.29 is 9.53 Å². The molecule has 26 heavy (non-hydrogen) atoms. The van der Waals surface area contributed by atoms with Crippen LogP contribution in [0.3, 0.4) is 0 Å². The molecule has 0 N–H and O–H groups in total. The van der Waals surface area contributed by atoms with E-state index in [0.717, 1.165) is 36.8 Å². The van der Waals surface area contributed by atoms with Crippen LogP contribution in [-0.4, -0.2) is 5.97 Å². The smallest absolute Gasteiger partial charge is 0.309 e. The van der Waals surface area contributed by atoms with Gasteiger partial charge in [-0.05, 0) is 48.4 Å². The van der Waals surface area contributed by atoms with Crippen LogP contribution in [0, 0.1) is 23.2 Å². The highest BCUT2D eigenvalue weighted by Crippen LogP contribution is 2.31. The van der Waals surface area contributed by atoms with Gasteiger partial charge in [-0.1, -0.05) is 61.0 Å². The van der Waals surface area contributed by atoms with Gasteiger partial charge >= 0.3 is 5.97 Å². The predicted octanol–water partition coefficient (Wildman–Crippen LogP) is 5.12. The molecule has 0 bridgehead atoms. The highest BCUT2D eigenvalue weighted by Gasteiger charge is 2.27. The molecule has 0 amide bonds.